The lowest BCUT2D eigenvalue weighted by Gasteiger charge is -2.33. The number of esters is 6. The summed E-state index contributed by atoms with van der Waals surface area (Å²) in [6.45, 7) is 7.35. The van der Waals surface area contributed by atoms with Crippen molar-refractivity contribution in [3.63, 3.8) is 0 Å². The van der Waals surface area contributed by atoms with E-state index in [0.717, 1.165) is 12.2 Å². The Morgan fingerprint density at radius 3 is 1.25 bits per heavy atom. The third-order valence-electron chi connectivity index (χ3n) is 7.36. The van der Waals surface area contributed by atoms with Crippen LogP contribution in [0.1, 0.15) is 118 Å². The third-order valence-corrected chi connectivity index (χ3v) is 7.36. The maximum atomic E-state index is 12.8. The van der Waals surface area contributed by atoms with E-state index >= 15 is 0 Å². The van der Waals surface area contributed by atoms with Crippen molar-refractivity contribution in [2.24, 2.45) is 0 Å². The SMILES string of the molecule is CCCC(=O)OCC1CCCC(C(OC(=O)/C=C/C(=O)OC(OC(=O)CCC)C2CCCC(COC(=O)CCC)O2)OC(=O)CCC)O1. The molecule has 0 aromatic rings. The summed E-state index contributed by atoms with van der Waals surface area (Å²) in [5, 5.41) is 0. The molecule has 14 nitrogen and oxygen atoms in total. The first-order valence-corrected chi connectivity index (χ1v) is 17.2. The number of rotatable bonds is 20. The van der Waals surface area contributed by atoms with Gasteiger partial charge in [0.25, 0.3) is 12.6 Å². The Bertz CT molecular complexity index is 990. The molecule has 2 rings (SSSR count). The molecule has 0 aromatic heterocycles. The maximum Gasteiger partial charge on any atom is 0.334 e. The van der Waals surface area contributed by atoms with Crippen LogP contribution in [-0.4, -0.2) is 86.0 Å². The maximum absolute atomic E-state index is 12.8. The van der Waals surface area contributed by atoms with Gasteiger partial charge in [-0.2, -0.15) is 0 Å². The zero-order valence-corrected chi connectivity index (χ0v) is 28.6. The largest absolute Gasteiger partial charge is 0.463 e. The summed E-state index contributed by atoms with van der Waals surface area (Å²) in [7, 11) is 0. The molecule has 14 heteroatoms. The third kappa shape index (κ3) is 16.1. The van der Waals surface area contributed by atoms with Crippen LogP contribution in [0.25, 0.3) is 0 Å². The van der Waals surface area contributed by atoms with Gasteiger partial charge in [0.1, 0.15) is 25.4 Å². The summed E-state index contributed by atoms with van der Waals surface area (Å²) in [6, 6.07) is 0. The van der Waals surface area contributed by atoms with E-state index < -0.39 is 60.9 Å². The summed E-state index contributed by atoms with van der Waals surface area (Å²) < 4.78 is 44.1. The highest BCUT2D eigenvalue weighted by atomic mass is 16.7. The zero-order valence-electron chi connectivity index (χ0n) is 28.6. The minimum atomic E-state index is -1.41. The molecule has 2 fully saturated rings. The van der Waals surface area contributed by atoms with Crippen LogP contribution in [0.2, 0.25) is 0 Å². The molecule has 0 aliphatic carbocycles. The predicted octanol–water partition coefficient (Wildman–Crippen LogP) is 4.53. The first-order valence-electron chi connectivity index (χ1n) is 17.2. The summed E-state index contributed by atoms with van der Waals surface area (Å²) in [4.78, 5) is 73.9. The smallest absolute Gasteiger partial charge is 0.334 e. The monoisotopic (exact) mass is 684 g/mol. The van der Waals surface area contributed by atoms with Gasteiger partial charge in [-0.25, -0.2) is 9.59 Å². The molecule has 2 heterocycles. The molecule has 272 valence electrons. The second-order valence-corrected chi connectivity index (χ2v) is 11.7. The number of hydrogen-bond donors (Lipinski definition) is 0. The highest BCUT2D eigenvalue weighted by Gasteiger charge is 2.36. The molecule has 2 aliphatic heterocycles. The van der Waals surface area contributed by atoms with Gasteiger partial charge in [0.15, 0.2) is 0 Å². The lowest BCUT2D eigenvalue weighted by atomic mass is 10.0. The van der Waals surface area contributed by atoms with E-state index in [0.29, 0.717) is 64.2 Å². The number of ether oxygens (including phenoxy) is 8. The Kier molecular flexibility index (Phi) is 19.4. The van der Waals surface area contributed by atoms with Crippen molar-refractivity contribution in [2.45, 2.75) is 155 Å². The van der Waals surface area contributed by atoms with E-state index in [1.54, 1.807) is 13.8 Å². The van der Waals surface area contributed by atoms with Crippen molar-refractivity contribution in [2.75, 3.05) is 13.2 Å². The van der Waals surface area contributed by atoms with Crippen molar-refractivity contribution in [3.8, 4) is 0 Å². The fourth-order valence-corrected chi connectivity index (χ4v) is 5.01. The van der Waals surface area contributed by atoms with Crippen molar-refractivity contribution < 1.29 is 66.7 Å². The molecule has 2 aliphatic rings. The van der Waals surface area contributed by atoms with Crippen molar-refractivity contribution in [3.05, 3.63) is 12.2 Å². The molecule has 48 heavy (non-hydrogen) atoms. The van der Waals surface area contributed by atoms with E-state index in [1.165, 1.54) is 0 Å². The van der Waals surface area contributed by atoms with Gasteiger partial charge in [-0.3, -0.25) is 19.2 Å². The molecule has 6 unspecified atom stereocenters. The summed E-state index contributed by atoms with van der Waals surface area (Å²) in [5.41, 5.74) is 0. The Morgan fingerprint density at radius 1 is 0.542 bits per heavy atom. The highest BCUT2D eigenvalue weighted by Crippen LogP contribution is 2.26. The fourth-order valence-electron chi connectivity index (χ4n) is 5.01. The van der Waals surface area contributed by atoms with Gasteiger partial charge in [0.05, 0.1) is 12.2 Å². The average Bonchev–Trinajstić information content (AvgIpc) is 3.05. The first-order chi connectivity index (χ1) is 23.1. The van der Waals surface area contributed by atoms with Crippen LogP contribution >= 0.6 is 0 Å². The first kappa shape index (κ1) is 40.7. The Morgan fingerprint density at radius 2 is 0.896 bits per heavy atom. The normalized spacial score (nSPS) is 22.2. The molecule has 0 aromatic carbocycles. The van der Waals surface area contributed by atoms with Crippen LogP contribution in [-0.2, 0) is 66.7 Å². The van der Waals surface area contributed by atoms with Crippen LogP contribution in [0.15, 0.2) is 12.2 Å². The predicted molar refractivity (Wildman–Crippen MR) is 168 cm³/mol. The van der Waals surface area contributed by atoms with Crippen molar-refractivity contribution >= 4 is 35.8 Å². The van der Waals surface area contributed by atoms with Gasteiger partial charge >= 0.3 is 35.8 Å². The van der Waals surface area contributed by atoms with E-state index in [9.17, 15) is 28.8 Å². The lowest BCUT2D eigenvalue weighted by molar-refractivity contribution is -0.228. The van der Waals surface area contributed by atoms with Crippen molar-refractivity contribution in [1.29, 1.82) is 0 Å². The Labute approximate surface area is 282 Å². The lowest BCUT2D eigenvalue weighted by Crippen LogP contribution is -2.43. The van der Waals surface area contributed by atoms with Crippen LogP contribution in [0.5, 0.6) is 0 Å². The Hall–Kier alpha value is -3.52. The zero-order chi connectivity index (χ0) is 35.3. The van der Waals surface area contributed by atoms with Gasteiger partial charge in [-0.1, -0.05) is 27.7 Å². The van der Waals surface area contributed by atoms with Gasteiger partial charge in [-0.15, -0.1) is 0 Å². The topological polar surface area (TPSA) is 176 Å². The van der Waals surface area contributed by atoms with Crippen LogP contribution in [0, 0.1) is 0 Å². The second-order valence-electron chi connectivity index (χ2n) is 11.7. The quantitative estimate of drug-likeness (QED) is 0.0756. The molecule has 2 saturated heterocycles. The molecule has 0 bridgehead atoms. The van der Waals surface area contributed by atoms with E-state index in [4.69, 9.17) is 37.9 Å². The van der Waals surface area contributed by atoms with Crippen molar-refractivity contribution in [1.82, 2.24) is 0 Å². The number of hydrogen-bond acceptors (Lipinski definition) is 14. The second kappa shape index (κ2) is 22.9. The van der Waals surface area contributed by atoms with Crippen LogP contribution in [0.3, 0.4) is 0 Å². The minimum absolute atomic E-state index is 0.0180. The average molecular weight is 685 g/mol. The molecule has 0 spiro atoms. The summed E-state index contributed by atoms with van der Waals surface area (Å²) >= 11 is 0. The standard InChI is InChI=1S/C34H52O14/c1-5-11-27(35)41-21-23-15-9-17-25(43-23)33(45-29(37)13-7-3)47-31(39)19-20-32(40)48-34(46-30(38)14-8-4)26-18-10-16-24(44-26)22-42-28(36)12-6-2/h19-20,23-26,33-34H,5-18,21-22H2,1-4H3/b20-19+. The number of carbonyl (C=O) groups is 6. The van der Waals surface area contributed by atoms with Gasteiger partial charge in [-0.05, 0) is 64.2 Å². The molecule has 0 amide bonds. The van der Waals surface area contributed by atoms with Gasteiger partial charge in [0.2, 0.25) is 0 Å². The molecule has 0 radical (unpaired) electrons. The molecule has 6 atom stereocenters. The molecule has 0 N–H and O–H groups in total. The Balaban J connectivity index is 2.05. The van der Waals surface area contributed by atoms with E-state index in [1.807, 2.05) is 13.8 Å². The fraction of sp³-hybridized carbons (Fsp3) is 0.765. The number of carbonyl (C=O) groups excluding carboxylic acids is 6. The molecular formula is C34H52O14. The van der Waals surface area contributed by atoms with Crippen LogP contribution < -0.4 is 0 Å². The van der Waals surface area contributed by atoms with Gasteiger partial charge < -0.3 is 37.9 Å². The summed E-state index contributed by atoms with van der Waals surface area (Å²) in [5.74, 6) is -3.90. The van der Waals surface area contributed by atoms with Crippen LogP contribution in [0.4, 0.5) is 0 Å². The van der Waals surface area contributed by atoms with E-state index in [-0.39, 0.29) is 50.8 Å². The van der Waals surface area contributed by atoms with Gasteiger partial charge in [0, 0.05) is 37.8 Å². The molecular weight excluding hydrogens is 632 g/mol. The highest BCUT2D eigenvalue weighted by molar-refractivity contribution is 5.91. The molecule has 0 saturated carbocycles. The summed E-state index contributed by atoms with van der Waals surface area (Å²) in [6.07, 6.45) is 2.57. The van der Waals surface area contributed by atoms with E-state index in [2.05, 4.69) is 0 Å². The minimum Gasteiger partial charge on any atom is -0.463 e.